The molecule has 3 aromatic rings. The summed E-state index contributed by atoms with van der Waals surface area (Å²) in [4.78, 5) is 17.0. The van der Waals surface area contributed by atoms with Crippen LogP contribution in [0.3, 0.4) is 0 Å². The van der Waals surface area contributed by atoms with E-state index in [0.29, 0.717) is 29.3 Å². The summed E-state index contributed by atoms with van der Waals surface area (Å²) in [7, 11) is 1.56. The number of benzene rings is 1. The standard InChI is InChI=1S/C17H13ClF3N5O/c1-24-14-6-11(17(19,20)21)3-2-10(14)4-5-26(24)16(27)13-7-15-22-8-12(18)9-25(15)23-13/h2-3,6-9H,4-5H2,1H3. The summed E-state index contributed by atoms with van der Waals surface area (Å²) in [5.41, 5.74) is 0.913. The maximum atomic E-state index is 13.0. The number of aromatic nitrogens is 3. The summed E-state index contributed by atoms with van der Waals surface area (Å²) in [6.07, 6.45) is -1.05. The molecule has 3 heterocycles. The van der Waals surface area contributed by atoms with Crippen molar-refractivity contribution in [1.29, 1.82) is 0 Å². The van der Waals surface area contributed by atoms with Crippen LogP contribution in [0.5, 0.6) is 0 Å². The summed E-state index contributed by atoms with van der Waals surface area (Å²) < 4.78 is 40.5. The Morgan fingerprint density at radius 3 is 2.78 bits per heavy atom. The van der Waals surface area contributed by atoms with E-state index in [9.17, 15) is 18.0 Å². The minimum absolute atomic E-state index is 0.132. The molecular formula is C17H13ClF3N5O. The van der Waals surface area contributed by atoms with E-state index >= 15 is 0 Å². The number of alkyl halides is 3. The van der Waals surface area contributed by atoms with Gasteiger partial charge in [0.25, 0.3) is 5.91 Å². The monoisotopic (exact) mass is 395 g/mol. The van der Waals surface area contributed by atoms with Crippen LogP contribution in [0.2, 0.25) is 5.02 Å². The van der Waals surface area contributed by atoms with Crippen molar-refractivity contribution in [3.05, 3.63) is 58.5 Å². The summed E-state index contributed by atoms with van der Waals surface area (Å²) >= 11 is 5.87. The maximum Gasteiger partial charge on any atom is 0.416 e. The number of halogens is 4. The number of hydrogen-bond acceptors (Lipinski definition) is 4. The van der Waals surface area contributed by atoms with Gasteiger partial charge in [0.2, 0.25) is 0 Å². The van der Waals surface area contributed by atoms with E-state index < -0.39 is 17.6 Å². The van der Waals surface area contributed by atoms with Gasteiger partial charge in [-0.15, -0.1) is 0 Å². The van der Waals surface area contributed by atoms with Crippen LogP contribution in [0.1, 0.15) is 21.6 Å². The molecule has 4 rings (SSSR count). The van der Waals surface area contributed by atoms with Crippen molar-refractivity contribution in [2.45, 2.75) is 12.6 Å². The van der Waals surface area contributed by atoms with Gasteiger partial charge in [0.1, 0.15) is 0 Å². The van der Waals surface area contributed by atoms with E-state index in [1.807, 2.05) is 0 Å². The Bertz CT molecular complexity index is 1050. The molecule has 2 aromatic heterocycles. The third-order valence-electron chi connectivity index (χ3n) is 4.45. The zero-order valence-electron chi connectivity index (χ0n) is 14.0. The Hall–Kier alpha value is -2.81. The van der Waals surface area contributed by atoms with Crippen molar-refractivity contribution < 1.29 is 18.0 Å². The Balaban J connectivity index is 1.67. The summed E-state index contributed by atoms with van der Waals surface area (Å²) in [5, 5.41) is 7.33. The number of amides is 1. The lowest BCUT2D eigenvalue weighted by atomic mass is 10.0. The first-order valence-electron chi connectivity index (χ1n) is 8.00. The number of fused-ring (bicyclic) bond motifs is 2. The molecule has 1 aliphatic heterocycles. The lowest BCUT2D eigenvalue weighted by molar-refractivity contribution is -0.137. The fraction of sp³-hybridized carbons (Fsp3) is 0.235. The molecular weight excluding hydrogens is 383 g/mol. The van der Waals surface area contributed by atoms with Crippen LogP contribution in [-0.4, -0.2) is 39.1 Å². The van der Waals surface area contributed by atoms with Crippen LogP contribution >= 0.6 is 11.6 Å². The molecule has 0 radical (unpaired) electrons. The number of carbonyl (C=O) groups excluding carboxylic acids is 1. The largest absolute Gasteiger partial charge is 0.416 e. The van der Waals surface area contributed by atoms with Gasteiger partial charge in [0.05, 0.1) is 22.5 Å². The molecule has 0 unspecified atom stereocenters. The van der Waals surface area contributed by atoms with Gasteiger partial charge in [0, 0.05) is 25.9 Å². The molecule has 6 nitrogen and oxygen atoms in total. The average molecular weight is 396 g/mol. The van der Waals surface area contributed by atoms with E-state index in [4.69, 9.17) is 11.6 Å². The second-order valence-electron chi connectivity index (χ2n) is 6.15. The predicted molar refractivity (Wildman–Crippen MR) is 92.6 cm³/mol. The molecule has 0 spiro atoms. The van der Waals surface area contributed by atoms with Crippen molar-refractivity contribution in [3.8, 4) is 0 Å². The van der Waals surface area contributed by atoms with Gasteiger partial charge in [-0.1, -0.05) is 17.7 Å². The lowest BCUT2D eigenvalue weighted by Gasteiger charge is -2.38. The van der Waals surface area contributed by atoms with Crippen LogP contribution in [0.4, 0.5) is 18.9 Å². The number of rotatable bonds is 1. The van der Waals surface area contributed by atoms with Gasteiger partial charge < -0.3 is 0 Å². The van der Waals surface area contributed by atoms with Crippen molar-refractivity contribution in [2.75, 3.05) is 18.6 Å². The normalized spacial score (nSPS) is 14.6. The SMILES string of the molecule is CN1c2cc(C(F)(F)F)ccc2CCN1C(=O)c1cc2ncc(Cl)cn2n1. The summed E-state index contributed by atoms with van der Waals surface area (Å²) in [6, 6.07) is 5.07. The molecule has 1 amide bonds. The highest BCUT2D eigenvalue weighted by Crippen LogP contribution is 2.35. The van der Waals surface area contributed by atoms with Gasteiger partial charge in [-0.3, -0.25) is 9.80 Å². The Morgan fingerprint density at radius 2 is 2.04 bits per heavy atom. The van der Waals surface area contributed by atoms with E-state index in [2.05, 4.69) is 10.1 Å². The Kier molecular flexibility index (Phi) is 3.99. The molecule has 0 saturated carbocycles. The Morgan fingerprint density at radius 1 is 1.26 bits per heavy atom. The van der Waals surface area contributed by atoms with Gasteiger partial charge in [-0.05, 0) is 24.1 Å². The summed E-state index contributed by atoms with van der Waals surface area (Å²) in [5.74, 6) is -0.429. The minimum Gasteiger partial charge on any atom is -0.285 e. The highest BCUT2D eigenvalue weighted by molar-refractivity contribution is 6.30. The number of anilines is 1. The fourth-order valence-corrected chi connectivity index (χ4v) is 3.23. The summed E-state index contributed by atoms with van der Waals surface area (Å²) in [6.45, 7) is 0.329. The molecule has 140 valence electrons. The van der Waals surface area contributed by atoms with Crippen LogP contribution in [-0.2, 0) is 12.6 Å². The molecule has 0 fully saturated rings. The number of nitrogens with zero attached hydrogens (tertiary/aromatic N) is 5. The molecule has 0 bridgehead atoms. The topological polar surface area (TPSA) is 53.7 Å². The number of hydrogen-bond donors (Lipinski definition) is 0. The predicted octanol–water partition coefficient (Wildman–Crippen LogP) is 3.45. The zero-order valence-corrected chi connectivity index (χ0v) is 14.8. The first-order valence-corrected chi connectivity index (χ1v) is 8.38. The Labute approximate surface area is 156 Å². The van der Waals surface area contributed by atoms with Crippen LogP contribution < -0.4 is 5.01 Å². The van der Waals surface area contributed by atoms with Crippen LogP contribution in [0.15, 0.2) is 36.7 Å². The van der Waals surface area contributed by atoms with Gasteiger partial charge in [-0.25, -0.2) is 14.5 Å². The van der Waals surface area contributed by atoms with Gasteiger partial charge >= 0.3 is 6.18 Å². The second-order valence-corrected chi connectivity index (χ2v) is 6.58. The van der Waals surface area contributed by atoms with Crippen molar-refractivity contribution >= 4 is 28.8 Å². The van der Waals surface area contributed by atoms with Crippen LogP contribution in [0.25, 0.3) is 5.65 Å². The van der Waals surface area contributed by atoms with Crippen molar-refractivity contribution in [2.24, 2.45) is 0 Å². The molecule has 10 heteroatoms. The number of hydrazine groups is 1. The lowest BCUT2D eigenvalue weighted by Crippen LogP contribution is -2.48. The smallest absolute Gasteiger partial charge is 0.285 e. The quantitative estimate of drug-likeness (QED) is 0.633. The fourth-order valence-electron chi connectivity index (χ4n) is 3.09. The molecule has 1 aliphatic rings. The van der Waals surface area contributed by atoms with Gasteiger partial charge in [0.15, 0.2) is 11.3 Å². The van der Waals surface area contributed by atoms with Crippen molar-refractivity contribution in [3.63, 3.8) is 0 Å². The van der Waals surface area contributed by atoms with Crippen molar-refractivity contribution in [1.82, 2.24) is 19.6 Å². The molecule has 27 heavy (non-hydrogen) atoms. The third-order valence-corrected chi connectivity index (χ3v) is 4.65. The average Bonchev–Trinajstić information content (AvgIpc) is 3.03. The van der Waals surface area contributed by atoms with Crippen LogP contribution in [0, 0.1) is 0 Å². The molecule has 0 N–H and O–H groups in total. The number of carbonyl (C=O) groups is 1. The minimum atomic E-state index is -4.45. The molecule has 0 saturated heterocycles. The van der Waals surface area contributed by atoms with Gasteiger partial charge in [-0.2, -0.15) is 18.3 Å². The third kappa shape index (κ3) is 3.08. The molecule has 0 atom stereocenters. The first kappa shape index (κ1) is 17.6. The second kappa shape index (κ2) is 6.12. The molecule has 0 aliphatic carbocycles. The van der Waals surface area contributed by atoms with E-state index in [1.54, 1.807) is 7.05 Å². The molecule has 1 aromatic carbocycles. The zero-order chi connectivity index (χ0) is 19.3. The first-order chi connectivity index (χ1) is 12.7. The highest BCUT2D eigenvalue weighted by Gasteiger charge is 2.34. The van der Waals surface area contributed by atoms with E-state index in [-0.39, 0.29) is 5.69 Å². The van der Waals surface area contributed by atoms with E-state index in [1.165, 1.54) is 39.1 Å². The maximum absolute atomic E-state index is 13.0. The highest BCUT2D eigenvalue weighted by atomic mass is 35.5. The van der Waals surface area contributed by atoms with E-state index in [0.717, 1.165) is 17.7 Å².